The summed E-state index contributed by atoms with van der Waals surface area (Å²) in [7, 11) is -2.86. The van der Waals surface area contributed by atoms with Crippen LogP contribution in [-0.2, 0) is 16.5 Å². The van der Waals surface area contributed by atoms with Gasteiger partial charge < -0.3 is 0 Å². The van der Waals surface area contributed by atoms with Crippen molar-refractivity contribution in [2.75, 3.05) is 0 Å². The fraction of sp³-hybridized carbons (Fsp3) is 0.222. The third kappa shape index (κ3) is 2.52. The monoisotopic (exact) mass is 249 g/mol. The minimum atomic E-state index is -3.15. The maximum absolute atomic E-state index is 13.0. The number of alkyl halides is 2. The topological polar surface area (TPSA) is 57.9 Å². The molecule has 0 N–H and O–H groups in total. The zero-order valence-electron chi connectivity index (χ0n) is 7.78. The summed E-state index contributed by atoms with van der Waals surface area (Å²) in [5, 5.41) is 8.64. The zero-order valence-corrected chi connectivity index (χ0v) is 8.68. The van der Waals surface area contributed by atoms with Crippen LogP contribution in [-0.4, -0.2) is 8.42 Å². The Labute approximate surface area is 91.1 Å². The second kappa shape index (κ2) is 4.99. The Hall–Kier alpha value is -1.55. The maximum Gasteiger partial charge on any atom is 0.267 e. The van der Waals surface area contributed by atoms with Crippen molar-refractivity contribution < 1.29 is 21.6 Å². The Balaban J connectivity index is 3.44. The molecule has 0 aromatic heterocycles. The number of nitrogens with zero attached hydrogens (tertiary/aromatic N) is 1. The predicted molar refractivity (Wildman–Crippen MR) is 50.1 cm³/mol. The third-order valence-corrected chi connectivity index (χ3v) is 2.51. The van der Waals surface area contributed by atoms with Crippen LogP contribution in [0.5, 0.6) is 0 Å². The summed E-state index contributed by atoms with van der Waals surface area (Å²) in [4.78, 5) is 0. The number of rotatable bonds is 3. The summed E-state index contributed by atoms with van der Waals surface area (Å²) in [6.45, 7) is 0. The zero-order chi connectivity index (χ0) is 12.3. The summed E-state index contributed by atoms with van der Waals surface area (Å²) in [6, 6.07) is 3.16. The van der Waals surface area contributed by atoms with Crippen molar-refractivity contribution in [1.82, 2.24) is 0 Å². The van der Waals surface area contributed by atoms with Crippen LogP contribution in [0.4, 0.5) is 13.2 Å². The molecule has 0 amide bonds. The standard InChI is InChI=1S/C9H6F3NO2S/c10-7-2-1-5(4-16(14)15)6(3-13)8(7)9(11)12/h1-2,9,16H,4H2. The van der Waals surface area contributed by atoms with Crippen LogP contribution in [0.1, 0.15) is 23.1 Å². The van der Waals surface area contributed by atoms with Gasteiger partial charge in [-0.05, 0) is 11.6 Å². The molecule has 1 aromatic carbocycles. The fourth-order valence-electron chi connectivity index (χ4n) is 1.26. The maximum atomic E-state index is 13.0. The highest BCUT2D eigenvalue weighted by atomic mass is 32.2. The average Bonchev–Trinajstić information content (AvgIpc) is 2.18. The van der Waals surface area contributed by atoms with Gasteiger partial charge in [0.15, 0.2) is 0 Å². The second-order valence-corrected chi connectivity index (χ2v) is 3.88. The molecule has 1 aromatic rings. The van der Waals surface area contributed by atoms with Crippen molar-refractivity contribution in [3.63, 3.8) is 0 Å². The molecule has 1 rings (SSSR count). The van der Waals surface area contributed by atoms with Crippen LogP contribution in [0.2, 0.25) is 0 Å². The molecule has 0 saturated heterocycles. The van der Waals surface area contributed by atoms with Gasteiger partial charge in [0.25, 0.3) is 6.43 Å². The van der Waals surface area contributed by atoms with Crippen LogP contribution in [0, 0.1) is 17.1 Å². The van der Waals surface area contributed by atoms with E-state index in [0.29, 0.717) is 0 Å². The minimum Gasteiger partial charge on any atom is -0.232 e. The normalized spacial score (nSPS) is 10.8. The SMILES string of the molecule is N#Cc1c(C[SH](=O)=O)ccc(F)c1C(F)F. The van der Waals surface area contributed by atoms with Gasteiger partial charge in [0, 0.05) is 0 Å². The van der Waals surface area contributed by atoms with E-state index in [1.807, 2.05) is 0 Å². The highest BCUT2D eigenvalue weighted by molar-refractivity contribution is 7.71. The van der Waals surface area contributed by atoms with Crippen LogP contribution in [0.15, 0.2) is 12.1 Å². The Bertz CT molecular complexity index is 512. The number of benzene rings is 1. The first-order valence-corrected chi connectivity index (χ1v) is 5.45. The summed E-state index contributed by atoms with van der Waals surface area (Å²) in [5.41, 5.74) is -1.76. The number of hydrogen-bond donors (Lipinski definition) is 1. The molecular weight excluding hydrogens is 243 g/mol. The van der Waals surface area contributed by atoms with Crippen molar-refractivity contribution >= 4 is 10.7 Å². The van der Waals surface area contributed by atoms with Crippen LogP contribution < -0.4 is 0 Å². The van der Waals surface area contributed by atoms with E-state index in [0.717, 1.165) is 12.1 Å². The van der Waals surface area contributed by atoms with Gasteiger partial charge >= 0.3 is 0 Å². The van der Waals surface area contributed by atoms with Crippen molar-refractivity contribution in [1.29, 1.82) is 5.26 Å². The van der Waals surface area contributed by atoms with Crippen LogP contribution in [0.3, 0.4) is 0 Å². The summed E-state index contributed by atoms with van der Waals surface area (Å²) in [5.74, 6) is -1.77. The van der Waals surface area contributed by atoms with Crippen LogP contribution in [0.25, 0.3) is 0 Å². The largest absolute Gasteiger partial charge is 0.267 e. The number of hydrogen-bond acceptors (Lipinski definition) is 3. The molecule has 0 saturated carbocycles. The van der Waals surface area contributed by atoms with Gasteiger partial charge in [0.1, 0.15) is 22.6 Å². The molecule has 3 nitrogen and oxygen atoms in total. The van der Waals surface area contributed by atoms with Gasteiger partial charge in [-0.15, -0.1) is 0 Å². The van der Waals surface area contributed by atoms with E-state index in [1.54, 1.807) is 0 Å². The van der Waals surface area contributed by atoms with Crippen molar-refractivity contribution in [2.45, 2.75) is 12.2 Å². The van der Waals surface area contributed by atoms with Gasteiger partial charge in [0.05, 0.1) is 16.9 Å². The highest BCUT2D eigenvalue weighted by Crippen LogP contribution is 2.28. The molecule has 0 fully saturated rings. The summed E-state index contributed by atoms with van der Waals surface area (Å²) in [6.07, 6.45) is -3.15. The molecule has 0 atom stereocenters. The Morgan fingerprint density at radius 3 is 2.44 bits per heavy atom. The lowest BCUT2D eigenvalue weighted by Crippen LogP contribution is -2.01. The first kappa shape index (κ1) is 12.5. The quantitative estimate of drug-likeness (QED) is 0.830. The average molecular weight is 249 g/mol. The molecule has 16 heavy (non-hydrogen) atoms. The Kier molecular flexibility index (Phi) is 3.90. The van der Waals surface area contributed by atoms with Crippen molar-refractivity contribution in [3.05, 3.63) is 34.6 Å². The lowest BCUT2D eigenvalue weighted by Gasteiger charge is -2.07. The second-order valence-electron chi connectivity index (χ2n) is 2.90. The molecule has 7 heteroatoms. The van der Waals surface area contributed by atoms with E-state index in [-0.39, 0.29) is 5.56 Å². The smallest absolute Gasteiger partial charge is 0.232 e. The lowest BCUT2D eigenvalue weighted by atomic mass is 10.0. The first-order chi connectivity index (χ1) is 7.47. The van der Waals surface area contributed by atoms with E-state index < -0.39 is 39.8 Å². The van der Waals surface area contributed by atoms with Gasteiger partial charge in [-0.25, -0.2) is 21.6 Å². The fourth-order valence-corrected chi connectivity index (χ4v) is 1.80. The first-order valence-electron chi connectivity index (χ1n) is 4.08. The lowest BCUT2D eigenvalue weighted by molar-refractivity contribution is 0.146. The number of nitriles is 1. The van der Waals surface area contributed by atoms with E-state index >= 15 is 0 Å². The molecule has 0 heterocycles. The predicted octanol–water partition coefficient (Wildman–Crippen LogP) is 1.75. The molecule has 0 bridgehead atoms. The van der Waals surface area contributed by atoms with Gasteiger partial charge in [-0.3, -0.25) is 0 Å². The Morgan fingerprint density at radius 2 is 2.00 bits per heavy atom. The minimum absolute atomic E-state index is 0.115. The summed E-state index contributed by atoms with van der Waals surface area (Å²) < 4.78 is 58.8. The van der Waals surface area contributed by atoms with E-state index in [4.69, 9.17) is 5.26 Å². The molecule has 0 aliphatic carbocycles. The molecule has 86 valence electrons. The molecule has 0 spiro atoms. The Morgan fingerprint density at radius 1 is 1.38 bits per heavy atom. The van der Waals surface area contributed by atoms with Gasteiger partial charge in [-0.1, -0.05) is 6.07 Å². The molecule has 0 aliphatic heterocycles. The van der Waals surface area contributed by atoms with Gasteiger partial charge in [-0.2, -0.15) is 5.26 Å². The van der Waals surface area contributed by atoms with Gasteiger partial charge in [0.2, 0.25) is 0 Å². The molecule has 0 unspecified atom stereocenters. The highest BCUT2D eigenvalue weighted by Gasteiger charge is 2.21. The van der Waals surface area contributed by atoms with E-state index in [9.17, 15) is 21.6 Å². The van der Waals surface area contributed by atoms with Crippen molar-refractivity contribution in [3.8, 4) is 6.07 Å². The third-order valence-electron chi connectivity index (χ3n) is 1.91. The van der Waals surface area contributed by atoms with E-state index in [2.05, 4.69) is 0 Å². The number of thiol groups is 1. The van der Waals surface area contributed by atoms with E-state index in [1.165, 1.54) is 6.07 Å². The molecular formula is C9H6F3NO2S. The van der Waals surface area contributed by atoms with Crippen LogP contribution >= 0.6 is 0 Å². The molecule has 0 radical (unpaired) electrons. The summed E-state index contributed by atoms with van der Waals surface area (Å²) >= 11 is 0. The molecule has 0 aliphatic rings. The van der Waals surface area contributed by atoms with Crippen molar-refractivity contribution in [2.24, 2.45) is 0 Å². The number of halogens is 3.